The minimum atomic E-state index is -4.52. The lowest BCUT2D eigenvalue weighted by Crippen LogP contribution is -2.14. The number of carbonyl (C=O) groups is 1. The maximum atomic E-state index is 13.0. The van der Waals surface area contributed by atoms with Crippen LogP contribution in [0.15, 0.2) is 53.8 Å². The summed E-state index contributed by atoms with van der Waals surface area (Å²) in [6.07, 6.45) is -0.944. The van der Waals surface area contributed by atoms with Crippen LogP contribution in [0.1, 0.15) is 21.5 Å². The third-order valence-corrected chi connectivity index (χ3v) is 5.50. The van der Waals surface area contributed by atoms with Crippen LogP contribution in [0.5, 0.6) is 0 Å². The number of rotatable bonds is 5. The minimum absolute atomic E-state index is 0.0858. The summed E-state index contributed by atoms with van der Waals surface area (Å²) < 4.78 is 40.5. The van der Waals surface area contributed by atoms with E-state index >= 15 is 0 Å². The Morgan fingerprint density at radius 1 is 1.15 bits per heavy atom. The van der Waals surface area contributed by atoms with E-state index in [1.807, 2.05) is 13.2 Å². The fraction of sp³-hybridized carbons (Fsp3) is 0.182. The number of hydrogen-bond acceptors (Lipinski definition) is 6. The van der Waals surface area contributed by atoms with Crippen molar-refractivity contribution in [2.24, 2.45) is 7.05 Å². The van der Waals surface area contributed by atoms with Crippen LogP contribution in [0.3, 0.4) is 0 Å². The molecule has 0 aliphatic rings. The fourth-order valence-corrected chi connectivity index (χ4v) is 3.55. The molecule has 33 heavy (non-hydrogen) atoms. The molecule has 0 fully saturated rings. The summed E-state index contributed by atoms with van der Waals surface area (Å²) in [5, 5.41) is 11.7. The minimum Gasteiger partial charge on any atom is -0.338 e. The van der Waals surface area contributed by atoms with Gasteiger partial charge in [0.25, 0.3) is 5.91 Å². The normalized spacial score (nSPS) is 11.6. The molecule has 7 nitrogen and oxygen atoms in total. The summed E-state index contributed by atoms with van der Waals surface area (Å²) in [6.45, 7) is 1.88. The summed E-state index contributed by atoms with van der Waals surface area (Å²) in [7, 11) is 1.78. The number of benzene rings is 2. The number of nitrogens with one attached hydrogen (secondary N) is 2. The SMILES string of the molecule is CSc1ncc2c(Nc3cc(NC(=O)c4cccc(C(F)(F)F)c4)ccc3C)nn(C)c2n1. The van der Waals surface area contributed by atoms with Crippen molar-refractivity contribution in [3.8, 4) is 0 Å². The second kappa shape index (κ2) is 8.74. The molecule has 0 radical (unpaired) electrons. The predicted molar refractivity (Wildman–Crippen MR) is 122 cm³/mol. The Bertz CT molecular complexity index is 1350. The highest BCUT2D eigenvalue weighted by Gasteiger charge is 2.30. The number of nitrogens with zero attached hydrogens (tertiary/aromatic N) is 4. The van der Waals surface area contributed by atoms with Crippen LogP contribution in [0.2, 0.25) is 0 Å². The van der Waals surface area contributed by atoms with Crippen molar-refractivity contribution in [1.82, 2.24) is 19.7 Å². The van der Waals surface area contributed by atoms with Gasteiger partial charge in [-0.05, 0) is 49.1 Å². The average molecular weight is 472 g/mol. The first-order valence-electron chi connectivity index (χ1n) is 9.75. The molecule has 0 atom stereocenters. The second-order valence-electron chi connectivity index (χ2n) is 7.25. The standard InChI is InChI=1S/C22H19F3N6OS/c1-12-7-8-15(27-20(32)13-5-4-6-14(9-13)22(23,24)25)10-17(12)28-18-16-11-26-21(33-3)29-19(16)31(2)30-18/h4-11H,1-3H3,(H,27,32)(H,28,30). The summed E-state index contributed by atoms with van der Waals surface area (Å²) in [5.74, 6) is -0.0956. The van der Waals surface area contributed by atoms with E-state index in [1.54, 1.807) is 36.1 Å². The third-order valence-electron chi connectivity index (χ3n) is 4.94. The number of anilines is 3. The number of hydrogen-bond donors (Lipinski definition) is 2. The molecule has 0 unspecified atom stereocenters. The van der Waals surface area contributed by atoms with Crippen molar-refractivity contribution in [2.75, 3.05) is 16.9 Å². The van der Waals surface area contributed by atoms with Crippen LogP contribution in [0.4, 0.5) is 30.4 Å². The number of halogens is 3. The van der Waals surface area contributed by atoms with Gasteiger partial charge in [0.05, 0.1) is 10.9 Å². The van der Waals surface area contributed by atoms with Gasteiger partial charge >= 0.3 is 6.18 Å². The zero-order valence-corrected chi connectivity index (χ0v) is 18.7. The van der Waals surface area contributed by atoms with E-state index in [2.05, 4.69) is 25.7 Å². The monoisotopic (exact) mass is 472 g/mol. The topological polar surface area (TPSA) is 84.7 Å². The lowest BCUT2D eigenvalue weighted by Gasteiger charge is -2.12. The molecule has 0 aliphatic heterocycles. The molecular formula is C22H19F3N6OS. The van der Waals surface area contributed by atoms with Gasteiger partial charge in [-0.1, -0.05) is 23.9 Å². The van der Waals surface area contributed by atoms with E-state index in [9.17, 15) is 18.0 Å². The molecule has 0 aliphatic carbocycles. The quantitative estimate of drug-likeness (QED) is 0.299. The van der Waals surface area contributed by atoms with Crippen molar-refractivity contribution >= 4 is 45.9 Å². The molecule has 4 rings (SSSR count). The smallest absolute Gasteiger partial charge is 0.338 e. The van der Waals surface area contributed by atoms with Gasteiger partial charge in [0, 0.05) is 30.2 Å². The van der Waals surface area contributed by atoms with E-state index in [-0.39, 0.29) is 5.56 Å². The van der Waals surface area contributed by atoms with E-state index in [0.717, 1.165) is 23.1 Å². The van der Waals surface area contributed by atoms with Crippen molar-refractivity contribution in [3.05, 3.63) is 65.4 Å². The third kappa shape index (κ3) is 4.77. The first-order valence-corrected chi connectivity index (χ1v) is 11.0. The van der Waals surface area contributed by atoms with Crippen LogP contribution in [0, 0.1) is 6.92 Å². The maximum absolute atomic E-state index is 13.0. The van der Waals surface area contributed by atoms with Gasteiger partial charge in [-0.3, -0.25) is 4.79 Å². The highest BCUT2D eigenvalue weighted by atomic mass is 32.2. The lowest BCUT2D eigenvalue weighted by atomic mass is 10.1. The zero-order valence-electron chi connectivity index (χ0n) is 17.9. The van der Waals surface area contributed by atoms with Gasteiger partial charge in [0.1, 0.15) is 0 Å². The molecule has 2 aromatic heterocycles. The number of alkyl halides is 3. The number of amides is 1. The second-order valence-corrected chi connectivity index (χ2v) is 8.03. The Morgan fingerprint density at radius 2 is 1.94 bits per heavy atom. The summed E-state index contributed by atoms with van der Waals surface area (Å²) in [4.78, 5) is 21.3. The number of carbonyl (C=O) groups excluding carboxylic acids is 1. The molecule has 0 spiro atoms. The van der Waals surface area contributed by atoms with Gasteiger partial charge < -0.3 is 10.6 Å². The van der Waals surface area contributed by atoms with Gasteiger partial charge in [-0.2, -0.15) is 18.3 Å². The molecular weight excluding hydrogens is 453 g/mol. The first kappa shape index (κ1) is 22.6. The number of thioether (sulfide) groups is 1. The van der Waals surface area contributed by atoms with Crippen molar-refractivity contribution in [1.29, 1.82) is 0 Å². The Hall–Kier alpha value is -3.60. The molecule has 4 aromatic rings. The molecule has 0 bridgehead atoms. The summed E-state index contributed by atoms with van der Waals surface area (Å²) in [5.41, 5.74) is 1.68. The summed E-state index contributed by atoms with van der Waals surface area (Å²) >= 11 is 1.43. The van der Waals surface area contributed by atoms with Crippen molar-refractivity contribution in [2.45, 2.75) is 18.3 Å². The Kier molecular flexibility index (Phi) is 5.98. The van der Waals surface area contributed by atoms with Gasteiger partial charge in [-0.25, -0.2) is 14.6 Å². The van der Waals surface area contributed by atoms with E-state index in [1.165, 1.54) is 23.9 Å². The number of aryl methyl sites for hydroxylation is 2. The zero-order chi connectivity index (χ0) is 23.8. The molecule has 2 N–H and O–H groups in total. The van der Waals surface area contributed by atoms with E-state index in [0.29, 0.717) is 28.0 Å². The van der Waals surface area contributed by atoms with E-state index in [4.69, 9.17) is 0 Å². The fourth-order valence-electron chi connectivity index (χ4n) is 3.21. The van der Waals surface area contributed by atoms with Crippen LogP contribution in [-0.4, -0.2) is 31.9 Å². The predicted octanol–water partition coefficient (Wildman–Crippen LogP) is 5.41. The largest absolute Gasteiger partial charge is 0.416 e. The first-order chi connectivity index (χ1) is 15.7. The number of aromatic nitrogens is 4. The van der Waals surface area contributed by atoms with Crippen LogP contribution in [-0.2, 0) is 13.2 Å². The molecule has 0 saturated carbocycles. The molecule has 170 valence electrons. The van der Waals surface area contributed by atoms with Crippen LogP contribution in [0.25, 0.3) is 11.0 Å². The van der Waals surface area contributed by atoms with Crippen LogP contribution < -0.4 is 10.6 Å². The van der Waals surface area contributed by atoms with Gasteiger partial charge in [0.15, 0.2) is 16.6 Å². The highest BCUT2D eigenvalue weighted by molar-refractivity contribution is 7.98. The van der Waals surface area contributed by atoms with Crippen molar-refractivity contribution in [3.63, 3.8) is 0 Å². The maximum Gasteiger partial charge on any atom is 0.416 e. The molecule has 1 amide bonds. The molecule has 11 heteroatoms. The van der Waals surface area contributed by atoms with Crippen LogP contribution >= 0.6 is 11.8 Å². The molecule has 2 heterocycles. The average Bonchev–Trinajstić information content (AvgIpc) is 3.10. The van der Waals surface area contributed by atoms with Crippen molar-refractivity contribution < 1.29 is 18.0 Å². The van der Waals surface area contributed by atoms with Gasteiger partial charge in [-0.15, -0.1) is 0 Å². The molecule has 0 saturated heterocycles. The Morgan fingerprint density at radius 3 is 2.67 bits per heavy atom. The number of fused-ring (bicyclic) bond motifs is 1. The molecule has 2 aromatic carbocycles. The Labute approximate surface area is 191 Å². The Balaban J connectivity index is 1.59. The lowest BCUT2D eigenvalue weighted by molar-refractivity contribution is -0.137. The highest BCUT2D eigenvalue weighted by Crippen LogP contribution is 2.31. The van der Waals surface area contributed by atoms with E-state index < -0.39 is 17.6 Å². The summed E-state index contributed by atoms with van der Waals surface area (Å²) in [6, 6.07) is 9.45. The van der Waals surface area contributed by atoms with Gasteiger partial charge in [0.2, 0.25) is 0 Å².